The molecule has 1 aliphatic rings. The SMILES string of the molecule is C.CC(C)(C)OC(=O)N1CCCC(F)C1. The highest BCUT2D eigenvalue weighted by Crippen LogP contribution is 2.16. The molecule has 0 radical (unpaired) electrons. The van der Waals surface area contributed by atoms with Crippen LogP contribution in [0.2, 0.25) is 0 Å². The van der Waals surface area contributed by atoms with Crippen molar-refractivity contribution in [3.63, 3.8) is 0 Å². The van der Waals surface area contributed by atoms with Gasteiger partial charge in [-0.05, 0) is 33.6 Å². The second kappa shape index (κ2) is 5.33. The molecule has 0 aromatic heterocycles. The van der Waals surface area contributed by atoms with Crippen molar-refractivity contribution in [2.75, 3.05) is 13.1 Å². The number of hydrogen-bond donors (Lipinski definition) is 0. The molecule has 1 unspecified atom stereocenters. The fourth-order valence-corrected chi connectivity index (χ4v) is 1.42. The van der Waals surface area contributed by atoms with Gasteiger partial charge in [-0.3, -0.25) is 0 Å². The van der Waals surface area contributed by atoms with E-state index in [1.54, 1.807) is 0 Å². The predicted octanol–water partition coefficient (Wildman–Crippen LogP) is 2.99. The average Bonchev–Trinajstić information content (AvgIpc) is 2.01. The molecule has 0 aromatic carbocycles. The van der Waals surface area contributed by atoms with Gasteiger partial charge in [0.25, 0.3) is 0 Å². The van der Waals surface area contributed by atoms with Gasteiger partial charge in [-0.1, -0.05) is 7.43 Å². The van der Waals surface area contributed by atoms with Gasteiger partial charge in [-0.2, -0.15) is 0 Å². The van der Waals surface area contributed by atoms with E-state index < -0.39 is 17.9 Å². The van der Waals surface area contributed by atoms with Gasteiger partial charge in [-0.25, -0.2) is 9.18 Å². The summed E-state index contributed by atoms with van der Waals surface area (Å²) in [6, 6.07) is 0. The van der Waals surface area contributed by atoms with Crippen molar-refractivity contribution in [3.05, 3.63) is 0 Å². The fraction of sp³-hybridized carbons (Fsp3) is 0.909. The zero-order chi connectivity index (χ0) is 10.8. The normalized spacial score (nSPS) is 21.9. The third-order valence-electron chi connectivity index (χ3n) is 2.02. The molecule has 0 aliphatic carbocycles. The lowest BCUT2D eigenvalue weighted by Gasteiger charge is -2.31. The Kier molecular flexibility index (Phi) is 5.05. The van der Waals surface area contributed by atoms with Gasteiger partial charge in [0.05, 0.1) is 6.54 Å². The number of likely N-dealkylation sites (tertiary alicyclic amines) is 1. The van der Waals surface area contributed by atoms with E-state index >= 15 is 0 Å². The maximum absolute atomic E-state index is 13.0. The maximum Gasteiger partial charge on any atom is 0.410 e. The van der Waals surface area contributed by atoms with Crippen LogP contribution < -0.4 is 0 Å². The minimum absolute atomic E-state index is 0. The molecule has 1 rings (SSSR count). The Labute approximate surface area is 91.6 Å². The number of halogens is 1. The Balaban J connectivity index is 0.00000196. The molecule has 0 bridgehead atoms. The van der Waals surface area contributed by atoms with Crippen LogP contribution in [0.1, 0.15) is 41.0 Å². The van der Waals surface area contributed by atoms with E-state index in [1.165, 1.54) is 4.90 Å². The zero-order valence-corrected chi connectivity index (χ0v) is 9.05. The van der Waals surface area contributed by atoms with E-state index in [9.17, 15) is 9.18 Å². The van der Waals surface area contributed by atoms with Crippen LogP contribution in [0.5, 0.6) is 0 Å². The molecule has 0 spiro atoms. The summed E-state index contributed by atoms with van der Waals surface area (Å²) in [6.07, 6.45) is -0.0178. The number of carbonyl (C=O) groups excluding carboxylic acids is 1. The molecule has 1 saturated heterocycles. The highest BCUT2D eigenvalue weighted by atomic mass is 19.1. The topological polar surface area (TPSA) is 29.5 Å². The van der Waals surface area contributed by atoms with Crippen LogP contribution in [-0.2, 0) is 4.74 Å². The van der Waals surface area contributed by atoms with Crippen LogP contribution in [0.3, 0.4) is 0 Å². The summed E-state index contributed by atoms with van der Waals surface area (Å²) < 4.78 is 18.1. The number of amides is 1. The third-order valence-corrected chi connectivity index (χ3v) is 2.02. The number of alkyl halides is 1. The van der Waals surface area contributed by atoms with Crippen molar-refractivity contribution < 1.29 is 13.9 Å². The Morgan fingerprint density at radius 3 is 2.53 bits per heavy atom. The van der Waals surface area contributed by atoms with E-state index in [-0.39, 0.29) is 14.0 Å². The quantitative estimate of drug-likeness (QED) is 0.627. The Morgan fingerprint density at radius 2 is 2.07 bits per heavy atom. The lowest BCUT2D eigenvalue weighted by atomic mass is 10.1. The van der Waals surface area contributed by atoms with Gasteiger partial charge in [0.2, 0.25) is 0 Å². The van der Waals surface area contributed by atoms with Gasteiger partial charge < -0.3 is 9.64 Å². The molecule has 4 heteroatoms. The highest BCUT2D eigenvalue weighted by molar-refractivity contribution is 5.68. The summed E-state index contributed by atoms with van der Waals surface area (Å²) in [6.45, 7) is 6.20. The van der Waals surface area contributed by atoms with E-state index in [0.29, 0.717) is 13.0 Å². The zero-order valence-electron chi connectivity index (χ0n) is 9.05. The van der Waals surface area contributed by atoms with Crippen LogP contribution in [0.4, 0.5) is 9.18 Å². The fourth-order valence-electron chi connectivity index (χ4n) is 1.42. The first kappa shape index (κ1) is 14.2. The molecule has 0 saturated carbocycles. The molecule has 3 nitrogen and oxygen atoms in total. The van der Waals surface area contributed by atoms with Gasteiger partial charge in [0, 0.05) is 6.54 Å². The summed E-state index contributed by atoms with van der Waals surface area (Å²) in [7, 11) is 0. The van der Waals surface area contributed by atoms with Crippen LogP contribution >= 0.6 is 0 Å². The Hall–Kier alpha value is -0.800. The van der Waals surface area contributed by atoms with Crippen molar-refractivity contribution in [1.29, 1.82) is 0 Å². The molecule has 1 amide bonds. The lowest BCUT2D eigenvalue weighted by molar-refractivity contribution is 0.0139. The number of hydrogen-bond acceptors (Lipinski definition) is 2. The van der Waals surface area contributed by atoms with Crippen molar-refractivity contribution in [1.82, 2.24) is 4.90 Å². The first-order valence-corrected chi connectivity index (χ1v) is 5.00. The summed E-state index contributed by atoms with van der Waals surface area (Å²) in [4.78, 5) is 12.9. The molecule has 0 N–H and O–H groups in total. The monoisotopic (exact) mass is 219 g/mol. The van der Waals surface area contributed by atoms with Crippen LogP contribution in [0.25, 0.3) is 0 Å². The van der Waals surface area contributed by atoms with E-state index in [4.69, 9.17) is 4.74 Å². The molecule has 0 aromatic rings. The minimum atomic E-state index is -0.892. The lowest BCUT2D eigenvalue weighted by Crippen LogP contribution is -2.43. The number of carbonyl (C=O) groups is 1. The number of nitrogens with zero attached hydrogens (tertiary/aromatic N) is 1. The van der Waals surface area contributed by atoms with Crippen molar-refractivity contribution >= 4 is 6.09 Å². The minimum Gasteiger partial charge on any atom is -0.444 e. The molecule has 1 aliphatic heterocycles. The standard InChI is InChI=1S/C10H18FNO2.CH4/c1-10(2,3)14-9(13)12-6-4-5-8(11)7-12;/h8H,4-7H2,1-3H3;1H4. The molecule has 15 heavy (non-hydrogen) atoms. The second-order valence-corrected chi connectivity index (χ2v) is 4.67. The van der Waals surface area contributed by atoms with Gasteiger partial charge in [-0.15, -0.1) is 0 Å². The summed E-state index contributed by atoms with van der Waals surface area (Å²) in [5.41, 5.74) is -0.500. The van der Waals surface area contributed by atoms with Crippen LogP contribution in [-0.4, -0.2) is 35.9 Å². The van der Waals surface area contributed by atoms with E-state index in [2.05, 4.69) is 0 Å². The predicted molar refractivity (Wildman–Crippen MR) is 58.7 cm³/mol. The van der Waals surface area contributed by atoms with Gasteiger partial charge in [0.15, 0.2) is 0 Å². The van der Waals surface area contributed by atoms with Crippen LogP contribution in [0.15, 0.2) is 0 Å². The number of rotatable bonds is 0. The maximum atomic E-state index is 13.0. The highest BCUT2D eigenvalue weighted by Gasteiger charge is 2.27. The van der Waals surface area contributed by atoms with Gasteiger partial charge >= 0.3 is 6.09 Å². The summed E-state index contributed by atoms with van der Waals surface area (Å²) in [5.74, 6) is 0. The second-order valence-electron chi connectivity index (χ2n) is 4.67. The molecule has 1 fully saturated rings. The third kappa shape index (κ3) is 5.00. The molecular weight excluding hydrogens is 197 g/mol. The molecular formula is C11H22FNO2. The summed E-state index contributed by atoms with van der Waals surface area (Å²) >= 11 is 0. The van der Waals surface area contributed by atoms with Crippen molar-refractivity contribution in [2.45, 2.75) is 52.8 Å². The molecule has 1 atom stereocenters. The Bertz CT molecular complexity index is 213. The number of piperidine rings is 1. The van der Waals surface area contributed by atoms with Crippen molar-refractivity contribution in [2.24, 2.45) is 0 Å². The molecule has 1 heterocycles. The summed E-state index contributed by atoms with van der Waals surface area (Å²) in [5, 5.41) is 0. The van der Waals surface area contributed by atoms with Gasteiger partial charge in [0.1, 0.15) is 11.8 Å². The van der Waals surface area contributed by atoms with Crippen LogP contribution in [0, 0.1) is 0 Å². The van der Waals surface area contributed by atoms with Crippen molar-refractivity contribution in [3.8, 4) is 0 Å². The average molecular weight is 219 g/mol. The van der Waals surface area contributed by atoms with E-state index in [0.717, 1.165) is 6.42 Å². The molecule has 90 valence electrons. The smallest absolute Gasteiger partial charge is 0.410 e. The first-order chi connectivity index (χ1) is 6.38. The Morgan fingerprint density at radius 1 is 1.47 bits per heavy atom. The largest absolute Gasteiger partial charge is 0.444 e. The number of ether oxygens (including phenoxy) is 1. The first-order valence-electron chi connectivity index (χ1n) is 5.00. The van der Waals surface area contributed by atoms with E-state index in [1.807, 2.05) is 20.8 Å².